The molecule has 0 aliphatic carbocycles. The first-order valence-corrected chi connectivity index (χ1v) is 63.1. The number of nitrogens with zero attached hydrogens (tertiary/aromatic N) is 21. The van der Waals surface area contributed by atoms with Gasteiger partial charge >= 0.3 is 0 Å². The minimum atomic E-state index is -2.97. The summed E-state index contributed by atoms with van der Waals surface area (Å²) in [6.45, 7) is 61.0. The van der Waals surface area contributed by atoms with Gasteiger partial charge in [-0.1, -0.05) is 12.8 Å². The molecule has 6 atom stereocenters. The number of amides is 3. The van der Waals surface area contributed by atoms with Gasteiger partial charge in [0.2, 0.25) is 28.2 Å². The monoisotopic (exact) mass is 2220 g/mol. The molecule has 150 heavy (non-hydrogen) atoms. The number of carbonyl (C=O) groups excluding carboxylic acids is 3. The maximum absolute atomic E-state index is 11.2. The Morgan fingerprint density at radius 2 is 0.807 bits per heavy atom. The van der Waals surface area contributed by atoms with E-state index < -0.39 is 30.7 Å². The Morgan fingerprint density at radius 1 is 0.400 bits per heavy atom. The lowest BCUT2D eigenvalue weighted by molar-refractivity contribution is -0.128. The Kier molecular flexibility index (Phi) is 89.6. The number of sulfonamides is 1. The number of aliphatic hydroxyl groups is 3. The molecule has 5 N–H and O–H groups in total. The van der Waals surface area contributed by atoms with Crippen molar-refractivity contribution in [2.75, 3.05) is 522 Å². The van der Waals surface area contributed by atoms with Crippen molar-refractivity contribution in [3.05, 3.63) is 0 Å². The van der Waals surface area contributed by atoms with Crippen LogP contribution in [0.2, 0.25) is 0 Å². The Morgan fingerprint density at radius 3 is 1.27 bits per heavy atom. The summed E-state index contributed by atoms with van der Waals surface area (Å²) in [6, 6.07) is 0.442. The van der Waals surface area contributed by atoms with Crippen LogP contribution in [0, 0.1) is 0 Å². The van der Waals surface area contributed by atoms with E-state index in [4.69, 9.17) is 38.6 Å². The van der Waals surface area contributed by atoms with Crippen molar-refractivity contribution in [2.24, 2.45) is 0 Å². The topological polar surface area (TPSA) is 345 Å². The number of sulfone groups is 1. The number of carbonyl (C=O) groups is 3. The number of nitrogens with one attached hydrogen (secondary N) is 2. The molecule has 44 heteroatoms. The van der Waals surface area contributed by atoms with Gasteiger partial charge in [-0.3, -0.25) is 28.4 Å². The van der Waals surface area contributed by atoms with E-state index in [0.29, 0.717) is 75.6 Å². The lowest BCUT2D eigenvalue weighted by Gasteiger charge is -2.32. The first-order valence-electron chi connectivity index (χ1n) is 56.8. The van der Waals surface area contributed by atoms with Gasteiger partial charge in [0.05, 0.1) is 120 Å². The predicted molar refractivity (Wildman–Crippen MR) is 622 cm³/mol. The predicted octanol–water partition coefficient (Wildman–Crippen LogP) is 0.753. The fourth-order valence-corrected chi connectivity index (χ4v) is 22.0. The fraction of sp³-hybridized carbons (Fsp3) is 0.972. The maximum Gasteiger partial charge on any atom is 0.221 e. The molecule has 3 amide bonds. The van der Waals surface area contributed by atoms with E-state index in [0.717, 1.165) is 279 Å². The van der Waals surface area contributed by atoms with Crippen molar-refractivity contribution in [2.45, 2.75) is 154 Å². The first-order chi connectivity index (χ1) is 71.4. The SMILES string of the molecule is CC(=O)N1CCCN(C)CC1.CC1CN(C)CC(C)O1.CC1CN(C)CCO1.CN1CCCC(O)CC1.CN1CCCCCC1.CN1CCCN(C)CC1.CN1CCCN(C=O)CC1.CN1CCCN(S(C)(=O)=O)CC1.CN1CCCNCC1.CN1CCCOCC1.CN1CCNC(=O)CC1.CN1CCOCC1.CN1CCOC[C@@H]1CO.CN1CCOC[C@H]1CO.CN1CCS(=O)(=O)CC1.CN1CCS(=O)CC1.CN1CCSCC1. The van der Waals surface area contributed by atoms with Crippen LogP contribution in [0.5, 0.6) is 0 Å². The quantitative estimate of drug-likeness (QED) is 0.243. The smallest absolute Gasteiger partial charge is 0.221 e. The minimum Gasteiger partial charge on any atom is -0.395 e. The van der Waals surface area contributed by atoms with Gasteiger partial charge in [-0.25, -0.2) is 21.1 Å². The molecule has 0 bridgehead atoms. The largest absolute Gasteiger partial charge is 0.395 e. The second kappa shape index (κ2) is 92.2. The molecule has 17 aliphatic rings. The zero-order chi connectivity index (χ0) is 112. The Bertz CT molecular complexity index is 3240. The van der Waals surface area contributed by atoms with Crippen molar-refractivity contribution in [1.82, 2.24) is 113 Å². The highest BCUT2D eigenvalue weighted by molar-refractivity contribution is 7.99. The Labute approximate surface area is 923 Å². The highest BCUT2D eigenvalue weighted by Crippen LogP contribution is 2.14. The molecule has 0 spiro atoms. The van der Waals surface area contributed by atoms with Gasteiger partial charge in [-0.05, 0) is 284 Å². The van der Waals surface area contributed by atoms with Crippen LogP contribution in [0.1, 0.15) is 118 Å². The van der Waals surface area contributed by atoms with Crippen LogP contribution in [0.4, 0.5) is 0 Å². The number of rotatable bonds is 4. The molecule has 0 aromatic carbocycles. The van der Waals surface area contributed by atoms with Crippen LogP contribution in [-0.4, -0.2) is 715 Å². The van der Waals surface area contributed by atoms with Crippen molar-refractivity contribution in [3.63, 3.8) is 0 Å². The number of likely N-dealkylation sites (N-methyl/N-ethyl adjacent to an activating group) is 13. The Hall–Kier alpha value is -2.35. The summed E-state index contributed by atoms with van der Waals surface area (Å²) in [5.41, 5.74) is 0. The van der Waals surface area contributed by atoms with Crippen molar-refractivity contribution in [1.29, 1.82) is 0 Å². The van der Waals surface area contributed by atoms with Gasteiger partial charge in [-0.15, -0.1) is 0 Å². The molecule has 0 aromatic heterocycles. The van der Waals surface area contributed by atoms with Gasteiger partial charge in [0, 0.05) is 270 Å². The molecule has 17 saturated heterocycles. The summed E-state index contributed by atoms with van der Waals surface area (Å²) in [5.74, 6) is 5.46. The third-order valence-electron chi connectivity index (χ3n) is 28.4. The van der Waals surface area contributed by atoms with E-state index in [-0.39, 0.29) is 43.2 Å². The van der Waals surface area contributed by atoms with Gasteiger partial charge in [-0.2, -0.15) is 11.8 Å². The zero-order valence-corrected chi connectivity index (χ0v) is 103. The molecule has 0 aromatic rings. The van der Waals surface area contributed by atoms with Crippen LogP contribution in [0.15, 0.2) is 0 Å². The summed E-state index contributed by atoms with van der Waals surface area (Å²) >= 11 is 2.06. The molecular weight excluding hydrogens is 2000 g/mol. The number of likely N-dealkylation sites (tertiary alicyclic amines) is 2. The average Bonchev–Trinajstić information content (AvgIpc) is 1.82. The number of hydrogen-bond donors (Lipinski definition) is 5. The van der Waals surface area contributed by atoms with E-state index in [1.54, 1.807) is 11.2 Å². The van der Waals surface area contributed by atoms with E-state index >= 15 is 0 Å². The molecule has 17 heterocycles. The van der Waals surface area contributed by atoms with Crippen LogP contribution in [-0.2, 0) is 73.5 Å². The van der Waals surface area contributed by atoms with Crippen LogP contribution in [0.3, 0.4) is 0 Å². The Balaban J connectivity index is 0.000000798. The number of aliphatic hydroxyl groups excluding tert-OH is 3. The molecule has 17 rings (SSSR count). The van der Waals surface area contributed by atoms with Crippen LogP contribution >= 0.6 is 11.8 Å². The number of thioether (sulfide) groups is 1. The number of ether oxygens (including phenoxy) is 6. The fourth-order valence-electron chi connectivity index (χ4n) is 17.4. The first kappa shape index (κ1) is 146. The van der Waals surface area contributed by atoms with Crippen LogP contribution < -0.4 is 10.6 Å². The summed E-state index contributed by atoms with van der Waals surface area (Å²) in [5, 5.41) is 32.8. The van der Waals surface area contributed by atoms with E-state index in [9.17, 15) is 40.5 Å². The van der Waals surface area contributed by atoms with Crippen LogP contribution in [0.25, 0.3) is 0 Å². The summed E-state index contributed by atoms with van der Waals surface area (Å²) < 4.78 is 87.5. The third kappa shape index (κ3) is 85.6. The van der Waals surface area contributed by atoms with Gasteiger partial charge in [0.15, 0.2) is 9.84 Å². The normalized spacial score (nSPS) is 27.1. The highest BCUT2D eigenvalue weighted by Gasteiger charge is 2.25. The minimum absolute atomic E-state index is 0.0325. The second-order valence-corrected chi connectivity index (χ2v) is 50.8. The number of hydrogen-bond acceptors (Lipinski definition) is 37. The standard InChI is InChI=1S/C8H16N2O.C7H16N2O2S.C7H14N2O.C7H16N2.2C7H15NO.C7H15N.C6H12N2O.C6H14N2.2C6H13NO2.2C6H13NO.C5H11NO2S.C5H11NOS.C5H11NO.C5H11NS/c1-8(11)10-5-3-4-9(2)6-7-10;1-8-4-3-5-9(7-6-8)12(2,10)11;1-8-3-2-4-9(7-10)6-5-8;1-8-4-3-5-9(2)7-6-8;1-6-4-8(3)5-7(2)9-6;1-8-5-2-3-7(9)4-6-8;1-8-6-4-2-3-5-7-8;1-8-4-2-6(9)7-3-5-8;1-8-5-2-3-7-4-6-8;2*1-7-2-3-9-5-6(7)4-8;1-6-5-7(2)3-4-8-6;1-7-3-2-5-8-6-4-7;1-6-2-4-9(7,8)5-3-6;1-6-2-4-8(7)5-3-6;2*1-6-2-4-7-5-3-6/h3-7H2,1-2H3;3-7H2,1-2H3;7H,2-6H2,1H3;3-7H2,1-2H3;6-7H,4-5H2,1-3H3;7,9H,2-6H2,1H3;2-7H2,1H3;2-5H2,1H3,(H,7,9);7H,2-6H2,1H3;2*6,8H,2-5H2,1H3;6H,3-5H2,1-2H3;2-6H2,1H3;2-5H2,1H3;2-5H2,1H3;2*2-5H2,1H3/t;;;;;;;;;2*6-;;;;;;/m.........10....../s1. The van der Waals surface area contributed by atoms with Gasteiger partial charge < -0.3 is 143 Å². The lowest BCUT2D eigenvalue weighted by atomic mass is 10.2. The highest BCUT2D eigenvalue weighted by atomic mass is 32.2. The molecular formula is C106H229N23O17S4. The molecule has 0 saturated carbocycles. The lowest BCUT2D eigenvalue weighted by Crippen LogP contribution is -2.44. The molecule has 17 aliphatic heterocycles. The van der Waals surface area contributed by atoms with E-state index in [2.05, 4.69) is 218 Å². The maximum atomic E-state index is 11.2. The van der Waals surface area contributed by atoms with Gasteiger partial charge in [0.1, 0.15) is 0 Å². The zero-order valence-electron chi connectivity index (χ0n) is 99.4. The summed E-state index contributed by atoms with van der Waals surface area (Å²) in [4.78, 5) is 76.4. The summed E-state index contributed by atoms with van der Waals surface area (Å²) in [7, 11) is 31.7. The second-order valence-electron chi connectivity index (χ2n) is 43.6. The van der Waals surface area contributed by atoms with Crippen molar-refractivity contribution in [3.8, 4) is 0 Å². The van der Waals surface area contributed by atoms with Crippen molar-refractivity contribution < 1.29 is 79.2 Å². The molecule has 40 nitrogen and oxygen atoms in total. The molecule has 894 valence electrons. The van der Waals surface area contributed by atoms with Gasteiger partial charge in [0.25, 0.3) is 0 Å². The molecule has 17 fully saturated rings. The van der Waals surface area contributed by atoms with E-state index in [1.165, 1.54) is 141 Å². The average molecular weight is 2230 g/mol. The molecule has 4 unspecified atom stereocenters. The third-order valence-corrected chi connectivity index (χ3v) is 33.5. The number of morpholine rings is 5. The van der Waals surface area contributed by atoms with E-state index in [1.807, 2.05) is 49.9 Å². The van der Waals surface area contributed by atoms with Crippen molar-refractivity contribution >= 4 is 60.6 Å². The molecule has 0 radical (unpaired) electrons. The summed E-state index contributed by atoms with van der Waals surface area (Å²) in [6.07, 6.45) is 19.9.